The lowest BCUT2D eigenvalue weighted by molar-refractivity contribution is -0.123. The number of halogens is 1. The lowest BCUT2D eigenvalue weighted by Crippen LogP contribution is -2.49. The molecule has 0 unspecified atom stereocenters. The Morgan fingerprint density at radius 2 is 1.96 bits per heavy atom. The molecule has 7 nitrogen and oxygen atoms in total. The van der Waals surface area contributed by atoms with E-state index in [1.54, 1.807) is 11.9 Å². The Morgan fingerprint density at radius 3 is 2.59 bits per heavy atom. The smallest absolute Gasteiger partial charge is 0.254 e. The van der Waals surface area contributed by atoms with Crippen LogP contribution in [-0.2, 0) is 11.3 Å². The largest absolute Gasteiger partial charge is 0.356 e. The van der Waals surface area contributed by atoms with Gasteiger partial charge < -0.3 is 20.9 Å². The molecule has 1 saturated heterocycles. The summed E-state index contributed by atoms with van der Waals surface area (Å²) >= 11 is 0. The number of rotatable bonds is 7. The number of hydrogen-bond donors (Lipinski definition) is 3. The fourth-order valence-electron chi connectivity index (χ4n) is 2.75. The maximum Gasteiger partial charge on any atom is 0.254 e. The second-order valence-corrected chi connectivity index (χ2v) is 6.33. The van der Waals surface area contributed by atoms with Crippen molar-refractivity contribution >= 4 is 41.8 Å². The van der Waals surface area contributed by atoms with E-state index >= 15 is 0 Å². The van der Waals surface area contributed by atoms with Crippen LogP contribution in [0.5, 0.6) is 0 Å². The fraction of sp³-hybridized carbons (Fsp3) is 0.526. The van der Waals surface area contributed by atoms with Gasteiger partial charge in [-0.1, -0.05) is 31.9 Å². The second-order valence-electron chi connectivity index (χ2n) is 6.33. The first-order valence-corrected chi connectivity index (χ1v) is 9.23. The zero-order chi connectivity index (χ0) is 18.8. The van der Waals surface area contributed by atoms with Crippen molar-refractivity contribution in [2.75, 3.05) is 33.2 Å². The number of piperazine rings is 1. The van der Waals surface area contributed by atoms with E-state index in [1.165, 1.54) is 12.8 Å². The minimum atomic E-state index is -0.108. The predicted molar refractivity (Wildman–Crippen MR) is 118 cm³/mol. The molecule has 0 saturated carbocycles. The molecule has 0 radical (unpaired) electrons. The van der Waals surface area contributed by atoms with Crippen LogP contribution in [0, 0.1) is 0 Å². The number of hydrogen-bond acceptors (Lipinski definition) is 3. The molecule has 0 aliphatic carbocycles. The van der Waals surface area contributed by atoms with Gasteiger partial charge in [0.15, 0.2) is 5.96 Å². The van der Waals surface area contributed by atoms with E-state index in [2.05, 4.69) is 27.9 Å². The summed E-state index contributed by atoms with van der Waals surface area (Å²) in [5, 5.41) is 9.29. The average Bonchev–Trinajstić information content (AvgIpc) is 2.67. The molecule has 2 rings (SSSR count). The Bertz CT molecular complexity index is 633. The van der Waals surface area contributed by atoms with Crippen molar-refractivity contribution in [2.45, 2.75) is 32.7 Å². The lowest BCUT2D eigenvalue weighted by Gasteiger charge is -2.26. The van der Waals surface area contributed by atoms with Gasteiger partial charge >= 0.3 is 0 Å². The van der Waals surface area contributed by atoms with Crippen LogP contribution in [0.3, 0.4) is 0 Å². The molecule has 27 heavy (non-hydrogen) atoms. The highest BCUT2D eigenvalue weighted by molar-refractivity contribution is 14.0. The summed E-state index contributed by atoms with van der Waals surface area (Å²) in [6.07, 6.45) is 3.53. The van der Waals surface area contributed by atoms with Crippen LogP contribution in [0.4, 0.5) is 0 Å². The van der Waals surface area contributed by atoms with Gasteiger partial charge in [0.2, 0.25) is 5.91 Å². The molecule has 0 bridgehead atoms. The van der Waals surface area contributed by atoms with E-state index in [4.69, 9.17) is 0 Å². The van der Waals surface area contributed by atoms with Gasteiger partial charge in [-0.3, -0.25) is 14.6 Å². The third-order valence-electron chi connectivity index (χ3n) is 4.28. The van der Waals surface area contributed by atoms with Gasteiger partial charge in [0.25, 0.3) is 5.91 Å². The molecule has 2 amide bonds. The summed E-state index contributed by atoms with van der Waals surface area (Å²) in [6.45, 7) is 4.91. The van der Waals surface area contributed by atoms with Crippen molar-refractivity contribution < 1.29 is 9.59 Å². The van der Waals surface area contributed by atoms with Crippen molar-refractivity contribution in [1.29, 1.82) is 0 Å². The first-order valence-electron chi connectivity index (χ1n) is 9.23. The van der Waals surface area contributed by atoms with Crippen molar-refractivity contribution in [2.24, 2.45) is 4.99 Å². The normalized spacial score (nSPS) is 14.2. The van der Waals surface area contributed by atoms with Crippen molar-refractivity contribution in [3.8, 4) is 0 Å². The quantitative estimate of drug-likeness (QED) is 0.237. The van der Waals surface area contributed by atoms with Gasteiger partial charge in [-0.2, -0.15) is 0 Å². The highest BCUT2D eigenvalue weighted by atomic mass is 127. The molecular weight excluding hydrogens is 457 g/mol. The third kappa shape index (κ3) is 7.74. The SMILES string of the molecule is CCCCCNC(=NC)NCc1ccc(C(=O)N2CCNC(=O)C2)cc1.I. The van der Waals surface area contributed by atoms with Gasteiger partial charge in [0.05, 0.1) is 6.54 Å². The Morgan fingerprint density at radius 1 is 1.22 bits per heavy atom. The Hall–Kier alpha value is -1.84. The summed E-state index contributed by atoms with van der Waals surface area (Å²) in [5.74, 6) is 0.566. The van der Waals surface area contributed by atoms with Crippen LogP contribution in [0.15, 0.2) is 29.3 Å². The number of carbonyl (C=O) groups excluding carboxylic acids is 2. The van der Waals surface area contributed by atoms with E-state index in [1.807, 2.05) is 24.3 Å². The number of aliphatic imine (C=N–C) groups is 1. The second kappa shape index (κ2) is 12.5. The highest BCUT2D eigenvalue weighted by Crippen LogP contribution is 2.09. The van der Waals surface area contributed by atoms with Crippen LogP contribution >= 0.6 is 24.0 Å². The number of amides is 2. The van der Waals surface area contributed by atoms with Gasteiger partial charge in [0.1, 0.15) is 0 Å². The zero-order valence-electron chi connectivity index (χ0n) is 16.1. The van der Waals surface area contributed by atoms with Gasteiger partial charge in [-0.25, -0.2) is 0 Å². The Kier molecular flexibility index (Phi) is 10.8. The van der Waals surface area contributed by atoms with Gasteiger partial charge in [-0.15, -0.1) is 24.0 Å². The van der Waals surface area contributed by atoms with Crippen LogP contribution in [0.25, 0.3) is 0 Å². The number of nitrogens with one attached hydrogen (secondary N) is 3. The predicted octanol–water partition coefficient (Wildman–Crippen LogP) is 1.73. The fourth-order valence-corrected chi connectivity index (χ4v) is 2.75. The summed E-state index contributed by atoms with van der Waals surface area (Å²) in [6, 6.07) is 7.47. The van der Waals surface area contributed by atoms with Gasteiger partial charge in [0, 0.05) is 38.8 Å². The van der Waals surface area contributed by atoms with E-state index < -0.39 is 0 Å². The van der Waals surface area contributed by atoms with E-state index in [9.17, 15) is 9.59 Å². The van der Waals surface area contributed by atoms with E-state index in [0.29, 0.717) is 25.2 Å². The number of nitrogens with zero attached hydrogens (tertiary/aromatic N) is 2. The molecule has 1 aromatic rings. The first kappa shape index (κ1) is 23.2. The Labute approximate surface area is 178 Å². The molecule has 1 aliphatic rings. The van der Waals surface area contributed by atoms with E-state index in [-0.39, 0.29) is 42.3 Å². The minimum Gasteiger partial charge on any atom is -0.356 e. The lowest BCUT2D eigenvalue weighted by atomic mass is 10.1. The molecule has 1 aromatic carbocycles. The minimum absolute atomic E-state index is 0. The molecule has 1 aliphatic heterocycles. The van der Waals surface area contributed by atoms with Crippen molar-refractivity contribution in [3.05, 3.63) is 35.4 Å². The molecule has 150 valence electrons. The van der Waals surface area contributed by atoms with Crippen molar-refractivity contribution in [1.82, 2.24) is 20.9 Å². The molecule has 0 aromatic heterocycles. The standard InChI is InChI=1S/C19H29N5O2.HI/c1-3-4-5-10-22-19(20-2)23-13-15-6-8-16(9-7-15)18(26)24-12-11-21-17(25)14-24;/h6-9H,3-5,10-14H2,1-2H3,(H,21,25)(H2,20,22,23);1H. The maximum atomic E-state index is 12.4. The molecule has 0 atom stereocenters. The number of carbonyl (C=O) groups is 2. The average molecular weight is 487 g/mol. The summed E-state index contributed by atoms with van der Waals surface area (Å²) in [7, 11) is 1.76. The zero-order valence-corrected chi connectivity index (χ0v) is 18.4. The van der Waals surface area contributed by atoms with Crippen LogP contribution in [0.2, 0.25) is 0 Å². The van der Waals surface area contributed by atoms with Crippen molar-refractivity contribution in [3.63, 3.8) is 0 Å². The molecule has 1 heterocycles. The van der Waals surface area contributed by atoms with Crippen LogP contribution in [-0.4, -0.2) is 55.9 Å². The first-order chi connectivity index (χ1) is 12.6. The number of benzene rings is 1. The summed E-state index contributed by atoms with van der Waals surface area (Å²) in [4.78, 5) is 29.7. The highest BCUT2D eigenvalue weighted by Gasteiger charge is 2.21. The summed E-state index contributed by atoms with van der Waals surface area (Å²) in [5.41, 5.74) is 1.67. The van der Waals surface area contributed by atoms with Crippen LogP contribution < -0.4 is 16.0 Å². The monoisotopic (exact) mass is 487 g/mol. The number of unbranched alkanes of at least 4 members (excludes halogenated alkanes) is 2. The molecular formula is C19H30IN5O2. The Balaban J connectivity index is 0.00000364. The maximum absolute atomic E-state index is 12.4. The topological polar surface area (TPSA) is 85.8 Å². The molecule has 8 heteroatoms. The number of guanidine groups is 1. The summed E-state index contributed by atoms with van der Waals surface area (Å²) < 4.78 is 0. The molecule has 3 N–H and O–H groups in total. The molecule has 1 fully saturated rings. The van der Waals surface area contributed by atoms with Gasteiger partial charge in [-0.05, 0) is 24.1 Å². The third-order valence-corrected chi connectivity index (χ3v) is 4.28. The van der Waals surface area contributed by atoms with Crippen LogP contribution in [0.1, 0.15) is 42.1 Å². The molecule has 0 spiro atoms. The van der Waals surface area contributed by atoms with E-state index in [0.717, 1.165) is 24.5 Å².